The van der Waals surface area contributed by atoms with E-state index < -0.39 is 0 Å². The summed E-state index contributed by atoms with van der Waals surface area (Å²) in [4.78, 5) is 2.88. The first-order valence-corrected chi connectivity index (χ1v) is 9.76. The van der Waals surface area contributed by atoms with Crippen LogP contribution in [0.3, 0.4) is 0 Å². The Kier molecular flexibility index (Phi) is 4.72. The number of benzene rings is 1. The van der Waals surface area contributed by atoms with Crippen LogP contribution in [0.25, 0.3) is 0 Å². The fourth-order valence-corrected chi connectivity index (χ4v) is 5.41. The van der Waals surface area contributed by atoms with E-state index in [1.807, 2.05) is 23.1 Å². The van der Waals surface area contributed by atoms with Crippen LogP contribution in [0.15, 0.2) is 24.3 Å². The maximum absolute atomic E-state index is 6.55. The third-order valence-electron chi connectivity index (χ3n) is 4.30. The Hall–Kier alpha value is -0.770. The number of thiophene rings is 1. The van der Waals surface area contributed by atoms with Gasteiger partial charge in [0.05, 0.1) is 6.04 Å². The van der Waals surface area contributed by atoms with Gasteiger partial charge >= 0.3 is 0 Å². The Morgan fingerprint density at radius 3 is 2.67 bits per heavy atom. The van der Waals surface area contributed by atoms with Crippen molar-refractivity contribution in [3.05, 3.63) is 56.3 Å². The number of rotatable bonds is 4. The molecule has 0 aliphatic carbocycles. The minimum Gasteiger partial charge on any atom is -0.320 e. The smallest absolute Gasteiger partial charge is 0.0646 e. The van der Waals surface area contributed by atoms with E-state index in [0.29, 0.717) is 0 Å². The molecule has 3 rings (SSSR count). The first-order valence-electron chi connectivity index (χ1n) is 7.79. The van der Waals surface area contributed by atoms with Crippen LogP contribution in [-0.2, 0) is 25.0 Å². The second-order valence-corrected chi connectivity index (χ2v) is 7.89. The Labute approximate surface area is 136 Å². The summed E-state index contributed by atoms with van der Waals surface area (Å²) in [6.45, 7) is 4.45. The maximum Gasteiger partial charge on any atom is 0.0646 e. The zero-order chi connectivity index (χ0) is 14.8. The predicted octanol–water partition coefficient (Wildman–Crippen LogP) is 4.71. The van der Waals surface area contributed by atoms with E-state index in [-0.39, 0.29) is 6.04 Å². The molecule has 2 aromatic rings. The standard InChI is InChI=1S/C18H23NS2/c1-3-12-5-6-14(9-13(12)4-2)18(19)17-10-15-11-20-8-7-16(15)21-17/h5-6,9-10,18H,3-4,7-8,11,19H2,1-2H3. The van der Waals surface area contributed by atoms with Gasteiger partial charge in [0.25, 0.3) is 0 Å². The molecule has 3 heteroatoms. The molecule has 1 aromatic heterocycles. The van der Waals surface area contributed by atoms with Crippen molar-refractivity contribution in [2.45, 2.75) is 44.9 Å². The lowest BCUT2D eigenvalue weighted by Gasteiger charge is -2.14. The molecular formula is C18H23NS2. The normalized spacial score (nSPS) is 15.8. The van der Waals surface area contributed by atoms with Gasteiger partial charge in [0.2, 0.25) is 0 Å². The van der Waals surface area contributed by atoms with Crippen molar-refractivity contribution in [3.8, 4) is 0 Å². The van der Waals surface area contributed by atoms with Gasteiger partial charge in [-0.05, 0) is 53.3 Å². The topological polar surface area (TPSA) is 26.0 Å². The molecule has 0 bridgehead atoms. The van der Waals surface area contributed by atoms with Crippen LogP contribution in [0, 0.1) is 0 Å². The van der Waals surface area contributed by atoms with Crippen molar-refractivity contribution in [1.29, 1.82) is 0 Å². The van der Waals surface area contributed by atoms with Gasteiger partial charge in [-0.15, -0.1) is 11.3 Å². The van der Waals surface area contributed by atoms with E-state index in [1.165, 1.54) is 39.3 Å². The second-order valence-electron chi connectivity index (χ2n) is 5.61. The summed E-state index contributed by atoms with van der Waals surface area (Å²) in [5.74, 6) is 2.42. The van der Waals surface area contributed by atoms with Gasteiger partial charge in [0, 0.05) is 15.5 Å². The van der Waals surface area contributed by atoms with E-state index in [2.05, 4.69) is 38.1 Å². The van der Waals surface area contributed by atoms with Crippen molar-refractivity contribution in [1.82, 2.24) is 0 Å². The Morgan fingerprint density at radius 1 is 1.14 bits per heavy atom. The molecule has 1 aliphatic heterocycles. The third-order valence-corrected chi connectivity index (χ3v) is 6.63. The van der Waals surface area contributed by atoms with Crippen molar-refractivity contribution in [2.75, 3.05) is 5.75 Å². The van der Waals surface area contributed by atoms with E-state index in [9.17, 15) is 0 Å². The highest BCUT2D eigenvalue weighted by Crippen LogP contribution is 2.36. The SMILES string of the molecule is CCc1ccc(C(N)c2cc3c(s2)CCSC3)cc1CC. The zero-order valence-corrected chi connectivity index (χ0v) is 14.4. The van der Waals surface area contributed by atoms with Gasteiger partial charge < -0.3 is 5.73 Å². The zero-order valence-electron chi connectivity index (χ0n) is 12.8. The van der Waals surface area contributed by atoms with Gasteiger partial charge in [-0.2, -0.15) is 11.8 Å². The number of hydrogen-bond acceptors (Lipinski definition) is 3. The highest BCUT2D eigenvalue weighted by molar-refractivity contribution is 7.98. The fraction of sp³-hybridized carbons (Fsp3) is 0.444. The van der Waals surface area contributed by atoms with Crippen LogP contribution in [-0.4, -0.2) is 5.75 Å². The molecule has 0 radical (unpaired) electrons. The van der Waals surface area contributed by atoms with Gasteiger partial charge in [0.15, 0.2) is 0 Å². The Balaban J connectivity index is 1.90. The molecule has 0 saturated carbocycles. The summed E-state index contributed by atoms with van der Waals surface area (Å²) in [6, 6.07) is 9.17. The summed E-state index contributed by atoms with van der Waals surface area (Å²) in [5, 5.41) is 0. The van der Waals surface area contributed by atoms with Gasteiger partial charge in [0.1, 0.15) is 0 Å². The molecule has 2 N–H and O–H groups in total. The minimum atomic E-state index is 0.0295. The predicted molar refractivity (Wildman–Crippen MR) is 95.4 cm³/mol. The lowest BCUT2D eigenvalue weighted by atomic mass is 9.96. The first kappa shape index (κ1) is 15.1. The molecule has 21 heavy (non-hydrogen) atoms. The van der Waals surface area contributed by atoms with Gasteiger partial charge in [-0.3, -0.25) is 0 Å². The highest BCUT2D eigenvalue weighted by Gasteiger charge is 2.18. The van der Waals surface area contributed by atoms with Gasteiger partial charge in [-0.25, -0.2) is 0 Å². The van der Waals surface area contributed by atoms with Crippen LogP contribution >= 0.6 is 23.1 Å². The molecule has 0 fully saturated rings. The van der Waals surface area contributed by atoms with Crippen molar-refractivity contribution >= 4 is 23.1 Å². The van der Waals surface area contributed by atoms with Gasteiger partial charge in [-0.1, -0.05) is 32.0 Å². The van der Waals surface area contributed by atoms with E-state index >= 15 is 0 Å². The lowest BCUT2D eigenvalue weighted by Crippen LogP contribution is -2.11. The summed E-state index contributed by atoms with van der Waals surface area (Å²) in [7, 11) is 0. The molecule has 0 spiro atoms. The number of fused-ring (bicyclic) bond motifs is 1. The Morgan fingerprint density at radius 2 is 1.95 bits per heavy atom. The largest absolute Gasteiger partial charge is 0.320 e. The van der Waals surface area contributed by atoms with Crippen LogP contribution in [0.1, 0.15) is 51.9 Å². The molecule has 1 atom stereocenters. The molecular weight excluding hydrogens is 294 g/mol. The Bertz CT molecular complexity index is 607. The molecule has 1 unspecified atom stereocenters. The number of aryl methyl sites for hydroxylation is 3. The number of hydrogen-bond donors (Lipinski definition) is 1. The van der Waals surface area contributed by atoms with Crippen LogP contribution in [0.4, 0.5) is 0 Å². The van der Waals surface area contributed by atoms with E-state index in [4.69, 9.17) is 5.73 Å². The molecule has 1 aromatic carbocycles. The van der Waals surface area contributed by atoms with E-state index in [0.717, 1.165) is 18.6 Å². The second kappa shape index (κ2) is 6.55. The summed E-state index contributed by atoms with van der Waals surface area (Å²) < 4.78 is 0. The summed E-state index contributed by atoms with van der Waals surface area (Å²) >= 11 is 3.96. The van der Waals surface area contributed by atoms with Crippen LogP contribution < -0.4 is 5.73 Å². The van der Waals surface area contributed by atoms with Crippen LogP contribution in [0.2, 0.25) is 0 Å². The number of nitrogens with two attached hydrogens (primary N) is 1. The molecule has 112 valence electrons. The average Bonchev–Trinajstić information content (AvgIpc) is 2.97. The number of thioether (sulfide) groups is 1. The quantitative estimate of drug-likeness (QED) is 0.883. The highest BCUT2D eigenvalue weighted by atomic mass is 32.2. The first-order chi connectivity index (χ1) is 10.2. The van der Waals surface area contributed by atoms with E-state index in [1.54, 1.807) is 4.88 Å². The van der Waals surface area contributed by atoms with Crippen molar-refractivity contribution in [3.63, 3.8) is 0 Å². The third kappa shape index (κ3) is 3.05. The monoisotopic (exact) mass is 317 g/mol. The molecule has 1 aliphatic rings. The molecule has 0 amide bonds. The molecule has 2 heterocycles. The lowest BCUT2D eigenvalue weighted by molar-refractivity contribution is 0.882. The minimum absolute atomic E-state index is 0.0295. The maximum atomic E-state index is 6.55. The van der Waals surface area contributed by atoms with Crippen molar-refractivity contribution < 1.29 is 0 Å². The summed E-state index contributed by atoms with van der Waals surface area (Å²) in [6.07, 6.45) is 3.40. The fourth-order valence-electron chi connectivity index (χ4n) is 3.00. The average molecular weight is 318 g/mol. The van der Waals surface area contributed by atoms with Crippen LogP contribution in [0.5, 0.6) is 0 Å². The molecule has 0 saturated heterocycles. The van der Waals surface area contributed by atoms with Crippen molar-refractivity contribution in [2.24, 2.45) is 5.73 Å². The summed E-state index contributed by atoms with van der Waals surface area (Å²) in [5.41, 5.74) is 12.2. The molecule has 1 nitrogen and oxygen atoms in total.